The predicted molar refractivity (Wildman–Crippen MR) is 68.5 cm³/mol. The largest absolute Gasteiger partial charge is 0.327 e. The summed E-state index contributed by atoms with van der Waals surface area (Å²) in [5.74, 6) is 0. The third kappa shape index (κ3) is 2.62. The van der Waals surface area contributed by atoms with E-state index >= 15 is 0 Å². The molecular formula is C12H21N3S. The fourth-order valence-electron chi connectivity index (χ4n) is 2.42. The highest BCUT2D eigenvalue weighted by atomic mass is 32.1. The maximum Gasteiger partial charge on any atom is 0.107 e. The van der Waals surface area contributed by atoms with E-state index in [0.717, 1.165) is 18.8 Å². The van der Waals surface area contributed by atoms with Crippen LogP contribution in [0.15, 0.2) is 5.38 Å². The van der Waals surface area contributed by atoms with Crippen LogP contribution in [-0.2, 0) is 6.54 Å². The van der Waals surface area contributed by atoms with Crippen LogP contribution in [0.2, 0.25) is 0 Å². The Labute approximate surface area is 101 Å². The quantitative estimate of drug-likeness (QED) is 0.845. The fraction of sp³-hybridized carbons (Fsp3) is 0.750. The summed E-state index contributed by atoms with van der Waals surface area (Å²) in [6, 6.07) is 0.359. The molecule has 1 aliphatic rings. The molecule has 0 amide bonds. The van der Waals surface area contributed by atoms with Gasteiger partial charge in [-0.2, -0.15) is 0 Å². The van der Waals surface area contributed by atoms with E-state index in [9.17, 15) is 0 Å². The smallest absolute Gasteiger partial charge is 0.107 e. The van der Waals surface area contributed by atoms with Gasteiger partial charge in [-0.25, -0.2) is 4.98 Å². The van der Waals surface area contributed by atoms with Gasteiger partial charge in [-0.15, -0.1) is 11.3 Å². The van der Waals surface area contributed by atoms with Crippen molar-refractivity contribution in [3.8, 4) is 0 Å². The second kappa shape index (κ2) is 4.82. The molecule has 1 aliphatic carbocycles. The SMILES string of the molecule is Cc1csc(CNCC2(C)CCCC2N)n1. The summed E-state index contributed by atoms with van der Waals surface area (Å²) < 4.78 is 0. The molecule has 0 saturated heterocycles. The van der Waals surface area contributed by atoms with Crippen molar-refractivity contribution in [2.24, 2.45) is 11.1 Å². The molecule has 1 heterocycles. The second-order valence-corrected chi connectivity index (χ2v) is 6.08. The molecule has 0 aliphatic heterocycles. The van der Waals surface area contributed by atoms with Crippen molar-refractivity contribution >= 4 is 11.3 Å². The number of aryl methyl sites for hydroxylation is 1. The number of rotatable bonds is 4. The molecule has 2 atom stereocenters. The molecule has 4 heteroatoms. The average Bonchev–Trinajstić information content (AvgIpc) is 2.76. The lowest BCUT2D eigenvalue weighted by molar-refractivity contribution is 0.277. The third-order valence-corrected chi connectivity index (χ3v) is 4.60. The van der Waals surface area contributed by atoms with Crippen molar-refractivity contribution in [1.29, 1.82) is 0 Å². The summed E-state index contributed by atoms with van der Waals surface area (Å²) in [6.07, 6.45) is 3.70. The van der Waals surface area contributed by atoms with Gasteiger partial charge in [0.15, 0.2) is 0 Å². The number of nitrogens with two attached hydrogens (primary N) is 1. The minimum atomic E-state index is 0.284. The Morgan fingerprint density at radius 1 is 1.69 bits per heavy atom. The highest BCUT2D eigenvalue weighted by molar-refractivity contribution is 7.09. The zero-order valence-electron chi connectivity index (χ0n) is 10.1. The van der Waals surface area contributed by atoms with Gasteiger partial charge in [-0.3, -0.25) is 0 Å². The fourth-order valence-corrected chi connectivity index (χ4v) is 3.16. The van der Waals surface area contributed by atoms with Crippen LogP contribution in [-0.4, -0.2) is 17.6 Å². The summed E-state index contributed by atoms with van der Waals surface area (Å²) in [6.45, 7) is 6.21. The summed E-state index contributed by atoms with van der Waals surface area (Å²) >= 11 is 1.73. The zero-order chi connectivity index (χ0) is 11.6. The van der Waals surface area contributed by atoms with E-state index in [2.05, 4.69) is 22.6 Å². The van der Waals surface area contributed by atoms with Gasteiger partial charge in [0.05, 0.1) is 0 Å². The van der Waals surface area contributed by atoms with Gasteiger partial charge in [0.1, 0.15) is 5.01 Å². The van der Waals surface area contributed by atoms with Crippen LogP contribution in [0.1, 0.15) is 36.9 Å². The summed E-state index contributed by atoms with van der Waals surface area (Å²) in [7, 11) is 0. The maximum atomic E-state index is 6.14. The Hall–Kier alpha value is -0.450. The average molecular weight is 239 g/mol. The lowest BCUT2D eigenvalue weighted by Crippen LogP contribution is -2.42. The molecule has 0 bridgehead atoms. The van der Waals surface area contributed by atoms with Crippen LogP contribution in [0.25, 0.3) is 0 Å². The monoisotopic (exact) mass is 239 g/mol. The lowest BCUT2D eigenvalue weighted by Gasteiger charge is -2.29. The van der Waals surface area contributed by atoms with E-state index in [4.69, 9.17) is 5.73 Å². The van der Waals surface area contributed by atoms with Crippen LogP contribution in [0.3, 0.4) is 0 Å². The van der Waals surface area contributed by atoms with E-state index in [1.807, 2.05) is 6.92 Å². The zero-order valence-corrected chi connectivity index (χ0v) is 10.9. The van der Waals surface area contributed by atoms with E-state index in [0.29, 0.717) is 6.04 Å². The molecule has 0 spiro atoms. The van der Waals surface area contributed by atoms with E-state index < -0.39 is 0 Å². The first-order valence-electron chi connectivity index (χ1n) is 5.97. The first-order chi connectivity index (χ1) is 7.60. The topological polar surface area (TPSA) is 50.9 Å². The number of nitrogens with one attached hydrogen (secondary N) is 1. The molecule has 1 fully saturated rings. The molecule has 3 nitrogen and oxygen atoms in total. The van der Waals surface area contributed by atoms with Crippen LogP contribution in [0, 0.1) is 12.3 Å². The van der Waals surface area contributed by atoms with Gasteiger partial charge in [0, 0.05) is 30.2 Å². The van der Waals surface area contributed by atoms with Crippen molar-refractivity contribution in [3.05, 3.63) is 16.1 Å². The van der Waals surface area contributed by atoms with Crippen molar-refractivity contribution < 1.29 is 0 Å². The van der Waals surface area contributed by atoms with Gasteiger partial charge in [0.2, 0.25) is 0 Å². The Balaban J connectivity index is 1.79. The van der Waals surface area contributed by atoms with Gasteiger partial charge in [0.25, 0.3) is 0 Å². The van der Waals surface area contributed by atoms with Crippen LogP contribution in [0.4, 0.5) is 0 Å². The standard InChI is InChI=1S/C12H21N3S/c1-9-7-16-11(15-9)6-14-8-12(2)5-3-4-10(12)13/h7,10,14H,3-6,8,13H2,1-2H3. The van der Waals surface area contributed by atoms with E-state index in [1.54, 1.807) is 11.3 Å². The van der Waals surface area contributed by atoms with E-state index in [-0.39, 0.29) is 5.41 Å². The van der Waals surface area contributed by atoms with Crippen molar-refractivity contribution in [2.45, 2.75) is 45.7 Å². The van der Waals surface area contributed by atoms with Gasteiger partial charge < -0.3 is 11.1 Å². The van der Waals surface area contributed by atoms with Gasteiger partial charge in [-0.1, -0.05) is 13.3 Å². The first-order valence-corrected chi connectivity index (χ1v) is 6.85. The number of aromatic nitrogens is 1. The van der Waals surface area contributed by atoms with Gasteiger partial charge in [-0.05, 0) is 25.2 Å². The molecular weight excluding hydrogens is 218 g/mol. The minimum absolute atomic E-state index is 0.284. The highest BCUT2D eigenvalue weighted by Gasteiger charge is 2.35. The minimum Gasteiger partial charge on any atom is -0.327 e. The number of nitrogens with zero attached hydrogens (tertiary/aromatic N) is 1. The summed E-state index contributed by atoms with van der Waals surface area (Å²) in [4.78, 5) is 4.44. The Kier molecular flexibility index (Phi) is 3.62. The van der Waals surface area contributed by atoms with Crippen molar-refractivity contribution in [3.63, 3.8) is 0 Å². The molecule has 1 aromatic rings. The normalized spacial score (nSPS) is 29.8. The lowest BCUT2D eigenvalue weighted by atomic mass is 9.85. The Morgan fingerprint density at radius 3 is 3.06 bits per heavy atom. The predicted octanol–water partition coefficient (Wildman–Crippen LogP) is 2.06. The molecule has 3 N–H and O–H groups in total. The molecule has 1 saturated carbocycles. The maximum absolute atomic E-state index is 6.14. The van der Waals surface area contributed by atoms with Crippen LogP contribution in [0.5, 0.6) is 0 Å². The van der Waals surface area contributed by atoms with Gasteiger partial charge >= 0.3 is 0 Å². The third-order valence-electron chi connectivity index (χ3n) is 3.63. The molecule has 0 aromatic carbocycles. The molecule has 0 radical (unpaired) electrons. The Morgan fingerprint density at radius 2 is 2.50 bits per heavy atom. The van der Waals surface area contributed by atoms with E-state index in [1.165, 1.54) is 24.3 Å². The van der Waals surface area contributed by atoms with Crippen molar-refractivity contribution in [1.82, 2.24) is 10.3 Å². The van der Waals surface area contributed by atoms with Crippen LogP contribution >= 0.6 is 11.3 Å². The number of hydrogen-bond acceptors (Lipinski definition) is 4. The molecule has 90 valence electrons. The highest BCUT2D eigenvalue weighted by Crippen LogP contribution is 2.35. The summed E-state index contributed by atoms with van der Waals surface area (Å²) in [5.41, 5.74) is 7.54. The van der Waals surface area contributed by atoms with Crippen LogP contribution < -0.4 is 11.1 Å². The number of hydrogen-bond donors (Lipinski definition) is 2. The molecule has 16 heavy (non-hydrogen) atoms. The van der Waals surface area contributed by atoms with Crippen molar-refractivity contribution in [2.75, 3.05) is 6.54 Å². The summed E-state index contributed by atoms with van der Waals surface area (Å²) in [5, 5.41) is 6.77. The second-order valence-electron chi connectivity index (χ2n) is 5.14. The number of thiazole rings is 1. The molecule has 1 aromatic heterocycles. The molecule has 2 rings (SSSR count). The first kappa shape index (κ1) is 12.0. The Bertz CT molecular complexity index is 350. The molecule has 2 unspecified atom stereocenters.